The predicted molar refractivity (Wildman–Crippen MR) is 149 cm³/mol. The van der Waals surface area contributed by atoms with Crippen molar-refractivity contribution < 1.29 is 19.7 Å². The van der Waals surface area contributed by atoms with Gasteiger partial charge in [-0.25, -0.2) is 0 Å². The van der Waals surface area contributed by atoms with E-state index in [4.69, 9.17) is 27.9 Å². The number of β-amino-alcohol motifs (C(OH)–C–C–N with tert-alkyl or cyclic N) is 1. The Morgan fingerprint density at radius 3 is 2.19 bits per heavy atom. The average molecular weight is 559 g/mol. The van der Waals surface area contributed by atoms with Gasteiger partial charge in [0.1, 0.15) is 23.0 Å². The number of aliphatic hydroxyl groups excluding tert-OH is 1. The molecular weight excluding hydrogens is 521 g/mol. The number of fused-ring (bicyclic) bond motifs is 1. The van der Waals surface area contributed by atoms with Gasteiger partial charge in [0.15, 0.2) is 0 Å². The van der Waals surface area contributed by atoms with Crippen molar-refractivity contribution in [1.82, 2.24) is 5.32 Å². The largest absolute Gasteiger partial charge is 0.486 e. The van der Waals surface area contributed by atoms with Gasteiger partial charge >= 0.3 is 5.97 Å². The molecule has 8 heteroatoms. The number of carbonyl (C=O) groups is 1. The van der Waals surface area contributed by atoms with E-state index in [1.807, 2.05) is 0 Å². The summed E-state index contributed by atoms with van der Waals surface area (Å²) >= 11 is 12.7. The third-order valence-electron chi connectivity index (χ3n) is 7.62. The van der Waals surface area contributed by atoms with E-state index in [2.05, 4.69) is 43.4 Å². The van der Waals surface area contributed by atoms with Gasteiger partial charge in [-0.15, -0.1) is 12.4 Å². The lowest BCUT2D eigenvalue weighted by Crippen LogP contribution is -2.51. The van der Waals surface area contributed by atoms with Crippen LogP contribution in [0, 0.1) is 5.92 Å². The molecule has 200 valence electrons. The highest BCUT2D eigenvalue weighted by Gasteiger charge is 2.33. The molecule has 3 N–H and O–H groups in total. The third-order valence-corrected chi connectivity index (χ3v) is 8.50. The van der Waals surface area contributed by atoms with Crippen LogP contribution in [0.3, 0.4) is 0 Å². The molecule has 3 atom stereocenters. The molecule has 0 fully saturated rings. The molecule has 1 aliphatic rings. The van der Waals surface area contributed by atoms with Crippen LogP contribution in [0.25, 0.3) is 0 Å². The summed E-state index contributed by atoms with van der Waals surface area (Å²) < 4.78 is 5.94. The second-order valence-electron chi connectivity index (χ2n) is 9.85. The van der Waals surface area contributed by atoms with Crippen LogP contribution in [0.4, 0.5) is 0 Å². The zero-order valence-electron chi connectivity index (χ0n) is 21.4. The van der Waals surface area contributed by atoms with E-state index in [1.165, 1.54) is 11.1 Å². The summed E-state index contributed by atoms with van der Waals surface area (Å²) in [5, 5.41) is 24.1. The highest BCUT2D eigenvalue weighted by molar-refractivity contribution is 6.43. The summed E-state index contributed by atoms with van der Waals surface area (Å²) in [6.07, 6.45) is 3.92. The zero-order valence-corrected chi connectivity index (χ0v) is 23.7. The Morgan fingerprint density at radius 1 is 1.08 bits per heavy atom. The van der Waals surface area contributed by atoms with Gasteiger partial charge < -0.3 is 20.3 Å². The van der Waals surface area contributed by atoms with Gasteiger partial charge in [-0.2, -0.15) is 0 Å². The van der Waals surface area contributed by atoms with Gasteiger partial charge in [0.2, 0.25) is 0 Å². The molecule has 0 bridgehead atoms. The van der Waals surface area contributed by atoms with E-state index >= 15 is 0 Å². The molecule has 0 amide bonds. The monoisotopic (exact) mass is 557 g/mol. The van der Waals surface area contributed by atoms with Gasteiger partial charge in [-0.1, -0.05) is 67.4 Å². The van der Waals surface area contributed by atoms with Crippen molar-refractivity contribution >= 4 is 41.6 Å². The number of carboxylic acid groups (broad SMARTS) is 1. The first-order chi connectivity index (χ1) is 16.6. The topological polar surface area (TPSA) is 78.8 Å². The molecule has 2 aromatic rings. The van der Waals surface area contributed by atoms with Crippen LogP contribution >= 0.6 is 35.6 Å². The maximum atomic E-state index is 11.3. The summed E-state index contributed by atoms with van der Waals surface area (Å²) in [5.41, 5.74) is 3.29. The van der Waals surface area contributed by atoms with Gasteiger partial charge in [0.25, 0.3) is 0 Å². The first-order valence-corrected chi connectivity index (χ1v) is 13.2. The van der Waals surface area contributed by atoms with Crippen molar-refractivity contribution in [2.75, 3.05) is 6.54 Å². The molecule has 0 saturated heterocycles. The van der Waals surface area contributed by atoms with Crippen molar-refractivity contribution in [2.24, 2.45) is 5.92 Å². The van der Waals surface area contributed by atoms with Crippen molar-refractivity contribution in [2.45, 2.75) is 83.5 Å². The fourth-order valence-electron chi connectivity index (χ4n) is 5.08. The summed E-state index contributed by atoms with van der Waals surface area (Å²) in [4.78, 5) is 11.3. The van der Waals surface area contributed by atoms with Crippen molar-refractivity contribution in [3.05, 3.63) is 63.1 Å². The maximum absolute atomic E-state index is 11.3. The van der Waals surface area contributed by atoms with Crippen molar-refractivity contribution in [1.29, 1.82) is 0 Å². The number of nitrogens with one attached hydrogen (secondary N) is 1. The van der Waals surface area contributed by atoms with Crippen LogP contribution in [-0.4, -0.2) is 40.5 Å². The number of halogens is 3. The fourth-order valence-corrected chi connectivity index (χ4v) is 5.62. The summed E-state index contributed by atoms with van der Waals surface area (Å²) in [7, 11) is 0. The zero-order chi connectivity index (χ0) is 25.8. The highest BCUT2D eigenvalue weighted by atomic mass is 35.5. The molecular formula is C28H38Cl3NO4. The lowest BCUT2D eigenvalue weighted by molar-refractivity contribution is -0.138. The molecule has 1 unspecified atom stereocenters. The molecule has 5 nitrogen and oxygen atoms in total. The third kappa shape index (κ3) is 7.08. The van der Waals surface area contributed by atoms with Crippen LogP contribution in [0.5, 0.6) is 5.75 Å². The quantitative estimate of drug-likeness (QED) is 0.271. The number of carboxylic acids is 1. The molecule has 2 aromatic carbocycles. The predicted octanol–water partition coefficient (Wildman–Crippen LogP) is 6.69. The lowest BCUT2D eigenvalue weighted by Gasteiger charge is -2.37. The van der Waals surface area contributed by atoms with Gasteiger partial charge in [-0.3, -0.25) is 4.79 Å². The van der Waals surface area contributed by atoms with Gasteiger partial charge in [-0.05, 0) is 74.6 Å². The van der Waals surface area contributed by atoms with Crippen LogP contribution in [0.1, 0.15) is 69.6 Å². The van der Waals surface area contributed by atoms with Gasteiger partial charge in [0, 0.05) is 12.1 Å². The Kier molecular flexibility index (Phi) is 11.4. The minimum Gasteiger partial charge on any atom is -0.486 e. The van der Waals surface area contributed by atoms with Crippen LogP contribution in [0.15, 0.2) is 36.4 Å². The average Bonchev–Trinajstić information content (AvgIpc) is 3.26. The number of ether oxygens (including phenoxy) is 1. The van der Waals surface area contributed by atoms with Gasteiger partial charge in [0.05, 0.1) is 10.9 Å². The number of aliphatic carboxylic acids is 1. The molecule has 0 radical (unpaired) electrons. The van der Waals surface area contributed by atoms with E-state index in [0.29, 0.717) is 23.8 Å². The summed E-state index contributed by atoms with van der Waals surface area (Å²) in [5.74, 6) is -0.850. The minimum absolute atomic E-state index is 0. The van der Waals surface area contributed by atoms with Crippen molar-refractivity contribution in [3.8, 4) is 5.75 Å². The van der Waals surface area contributed by atoms with E-state index in [9.17, 15) is 15.0 Å². The Labute approximate surface area is 230 Å². The van der Waals surface area contributed by atoms with Crippen LogP contribution in [0.2, 0.25) is 10.0 Å². The minimum atomic E-state index is -0.983. The molecule has 0 aromatic heterocycles. The molecule has 36 heavy (non-hydrogen) atoms. The lowest BCUT2D eigenvalue weighted by atomic mass is 9.81. The van der Waals surface area contributed by atoms with Crippen LogP contribution < -0.4 is 10.1 Å². The molecule has 1 aliphatic carbocycles. The molecule has 0 spiro atoms. The number of hydrogen-bond donors (Lipinski definition) is 3. The van der Waals surface area contributed by atoms with E-state index in [1.54, 1.807) is 26.0 Å². The number of benzene rings is 2. The first kappa shape index (κ1) is 30.7. The Hall–Kier alpha value is -1.50. The smallest absolute Gasteiger partial charge is 0.310 e. The van der Waals surface area contributed by atoms with E-state index in [0.717, 1.165) is 32.1 Å². The summed E-state index contributed by atoms with van der Waals surface area (Å²) in [6.45, 7) is 8.13. The van der Waals surface area contributed by atoms with E-state index < -0.39 is 24.1 Å². The normalized spacial score (nSPS) is 16.1. The van der Waals surface area contributed by atoms with Crippen molar-refractivity contribution in [3.63, 3.8) is 0 Å². The maximum Gasteiger partial charge on any atom is 0.310 e. The number of hydrogen-bond acceptors (Lipinski definition) is 4. The Bertz CT molecular complexity index is 1000. The van der Waals surface area contributed by atoms with E-state index in [-0.39, 0.29) is 28.0 Å². The summed E-state index contributed by atoms with van der Waals surface area (Å²) in [6, 6.07) is 11.9. The molecule has 0 heterocycles. The van der Waals surface area contributed by atoms with Crippen LogP contribution in [-0.2, 0) is 17.6 Å². The molecule has 3 rings (SSSR count). The SMILES string of the molecule is CCC(CC)(CC1Cc2ccccc2C1)NC[C@@H](O)[C@@H](C)Oc1ccc(C(C)C(=O)O)c(Cl)c1Cl.Cl. The molecule has 0 saturated carbocycles. The highest BCUT2D eigenvalue weighted by Crippen LogP contribution is 2.39. The second kappa shape index (κ2) is 13.3. The Morgan fingerprint density at radius 2 is 1.67 bits per heavy atom. The standard InChI is InChI=1S/C28H37Cl2NO4.ClH/c1-5-28(6-2,15-19-13-20-9-7-8-10-21(20)14-19)31-16-23(32)18(4)35-24-12-11-22(17(3)27(33)34)25(29)26(24)30;/h7-12,17-19,23,31-32H,5-6,13-16H2,1-4H3,(H,33,34);1H/t17?,18-,23-;/m1./s1. The first-order valence-electron chi connectivity index (χ1n) is 12.5. The molecule has 0 aliphatic heterocycles. The fraction of sp³-hybridized carbons (Fsp3) is 0.536. The Balaban J connectivity index is 0.00000456. The number of aliphatic hydroxyl groups is 1. The number of rotatable bonds is 12. The second-order valence-corrected chi connectivity index (χ2v) is 10.6.